The first-order chi connectivity index (χ1) is 21.6. The van der Waals surface area contributed by atoms with Crippen LogP contribution in [0.3, 0.4) is 0 Å². The Labute approximate surface area is 287 Å². The number of rotatable bonds is 6. The van der Waals surface area contributed by atoms with Gasteiger partial charge < -0.3 is 14.0 Å². The Hall–Kier alpha value is -3.83. The maximum Gasteiger partial charge on any atom is 0.120 e. The molecule has 237 valence electrons. The second-order valence-corrected chi connectivity index (χ2v) is 18.5. The Balaban J connectivity index is 0.000000182. The van der Waals surface area contributed by atoms with Crippen molar-refractivity contribution in [3.05, 3.63) is 115 Å². The second-order valence-electron chi connectivity index (χ2n) is 13.4. The Bertz CT molecular complexity index is 2090. The summed E-state index contributed by atoms with van der Waals surface area (Å²) in [4.78, 5) is 9.58. The van der Waals surface area contributed by atoms with Gasteiger partial charge in [0.25, 0.3) is 0 Å². The van der Waals surface area contributed by atoms with Crippen LogP contribution in [0.25, 0.3) is 55.6 Å². The zero-order valence-electron chi connectivity index (χ0n) is 27.7. The molecule has 7 aromatic rings. The number of pyridine rings is 1. The Morgan fingerprint density at radius 3 is 2.28 bits per heavy atom. The molecule has 0 spiro atoms. The van der Waals surface area contributed by atoms with E-state index in [0.717, 1.165) is 62.0 Å². The van der Waals surface area contributed by atoms with Gasteiger partial charge in [-0.2, -0.15) is 0 Å². The SMILES string of the molecule is CC(C)Cc1cc(-c2[c-]cccc2)ncc1[Si](C)(C)C.CC(C)n1c(-c2[c-]ccc3c2oc2ccccc23)nc2ccccc21.[Ir]. The maximum absolute atomic E-state index is 6.18. The molecular formula is C40H41IrN3OSi-2. The molecule has 4 aromatic carbocycles. The summed E-state index contributed by atoms with van der Waals surface area (Å²) in [5.41, 5.74) is 8.39. The van der Waals surface area contributed by atoms with Gasteiger partial charge in [0.1, 0.15) is 5.58 Å². The summed E-state index contributed by atoms with van der Waals surface area (Å²) in [6.07, 6.45) is 3.24. The van der Waals surface area contributed by atoms with E-state index in [1.54, 1.807) is 0 Å². The van der Waals surface area contributed by atoms with Crippen LogP contribution in [-0.2, 0) is 26.5 Å². The van der Waals surface area contributed by atoms with Gasteiger partial charge in [-0.3, -0.25) is 4.98 Å². The number of fused-ring (bicyclic) bond motifs is 4. The van der Waals surface area contributed by atoms with Crippen molar-refractivity contribution in [1.82, 2.24) is 14.5 Å². The van der Waals surface area contributed by atoms with Crippen LogP contribution in [0, 0.1) is 18.1 Å². The number of furan rings is 1. The van der Waals surface area contributed by atoms with Crippen LogP contribution in [0.2, 0.25) is 19.6 Å². The van der Waals surface area contributed by atoms with Crippen LogP contribution in [-0.4, -0.2) is 22.6 Å². The summed E-state index contributed by atoms with van der Waals surface area (Å²) in [7, 11) is -1.34. The molecule has 0 N–H and O–H groups in total. The molecule has 3 heterocycles. The molecule has 0 aliphatic rings. The molecule has 7 rings (SSSR count). The van der Waals surface area contributed by atoms with Crippen molar-refractivity contribution in [3.8, 4) is 22.6 Å². The van der Waals surface area contributed by atoms with E-state index >= 15 is 0 Å². The van der Waals surface area contributed by atoms with Crippen LogP contribution >= 0.6 is 0 Å². The minimum Gasteiger partial charge on any atom is -0.501 e. The monoisotopic (exact) mass is 800 g/mol. The molecular weight excluding hydrogens is 759 g/mol. The van der Waals surface area contributed by atoms with E-state index in [-0.39, 0.29) is 26.1 Å². The van der Waals surface area contributed by atoms with Gasteiger partial charge in [-0.15, -0.1) is 54.1 Å². The summed E-state index contributed by atoms with van der Waals surface area (Å²) < 4.78 is 8.44. The number of para-hydroxylation sites is 3. The van der Waals surface area contributed by atoms with Crippen LogP contribution in [0.4, 0.5) is 0 Å². The maximum atomic E-state index is 6.18. The number of hydrogen-bond donors (Lipinski definition) is 0. The van der Waals surface area contributed by atoms with Crippen molar-refractivity contribution >= 4 is 46.2 Å². The van der Waals surface area contributed by atoms with Crippen molar-refractivity contribution in [1.29, 1.82) is 0 Å². The van der Waals surface area contributed by atoms with E-state index in [0.29, 0.717) is 5.92 Å². The first-order valence-electron chi connectivity index (χ1n) is 15.9. The van der Waals surface area contributed by atoms with Gasteiger partial charge >= 0.3 is 0 Å². The largest absolute Gasteiger partial charge is 0.501 e. The third-order valence-corrected chi connectivity index (χ3v) is 10.2. The molecule has 4 nitrogen and oxygen atoms in total. The molecule has 3 aromatic heterocycles. The van der Waals surface area contributed by atoms with Crippen LogP contribution in [0.5, 0.6) is 0 Å². The Morgan fingerprint density at radius 2 is 1.57 bits per heavy atom. The van der Waals surface area contributed by atoms with Gasteiger partial charge in [-0.25, -0.2) is 0 Å². The molecule has 0 aliphatic carbocycles. The summed E-state index contributed by atoms with van der Waals surface area (Å²) >= 11 is 0. The summed E-state index contributed by atoms with van der Waals surface area (Å²) in [5, 5.41) is 3.72. The van der Waals surface area contributed by atoms with Crippen LogP contribution < -0.4 is 5.19 Å². The van der Waals surface area contributed by atoms with Gasteiger partial charge in [0.05, 0.1) is 30.5 Å². The molecule has 0 unspecified atom stereocenters. The molecule has 0 fully saturated rings. The van der Waals surface area contributed by atoms with E-state index < -0.39 is 8.07 Å². The van der Waals surface area contributed by atoms with Gasteiger partial charge in [0.15, 0.2) is 0 Å². The number of imidazole rings is 1. The normalized spacial score (nSPS) is 11.7. The number of nitrogens with zero attached hydrogens (tertiary/aromatic N) is 3. The fraction of sp³-hybridized carbons (Fsp3) is 0.250. The topological polar surface area (TPSA) is 43.9 Å². The fourth-order valence-corrected chi connectivity index (χ4v) is 7.67. The molecule has 1 radical (unpaired) electrons. The zero-order valence-corrected chi connectivity index (χ0v) is 31.1. The average molecular weight is 800 g/mol. The standard InChI is InChI=1S/C22H17N2O.C18H24NSi.Ir/c1-14(2)24-19-12-5-4-11-18(19)23-22(24)17-10-7-9-16-15-8-3-6-13-20(15)25-21(16)17;1-14(2)11-16-12-17(15-9-7-6-8-10-15)19-13-18(16)20(3,4)5;/h3-9,11-14H,1-2H3;6-9,12-14H,11H2,1-5H3;/q2*-1;. The van der Waals surface area contributed by atoms with Crippen LogP contribution in [0.1, 0.15) is 39.3 Å². The smallest absolute Gasteiger partial charge is 0.120 e. The van der Waals surface area contributed by atoms with Gasteiger partial charge in [0, 0.05) is 37.7 Å². The Kier molecular flexibility index (Phi) is 10.1. The van der Waals surface area contributed by atoms with Crippen molar-refractivity contribution in [2.24, 2.45) is 5.92 Å². The van der Waals surface area contributed by atoms with Crippen molar-refractivity contribution in [2.45, 2.75) is 59.8 Å². The fourth-order valence-electron chi connectivity index (χ4n) is 6.08. The van der Waals surface area contributed by atoms with Crippen molar-refractivity contribution < 1.29 is 24.5 Å². The zero-order chi connectivity index (χ0) is 31.7. The van der Waals surface area contributed by atoms with Crippen LogP contribution in [0.15, 0.2) is 102 Å². The second kappa shape index (κ2) is 13.9. The quantitative estimate of drug-likeness (QED) is 0.124. The predicted octanol–water partition coefficient (Wildman–Crippen LogP) is 10.3. The predicted molar refractivity (Wildman–Crippen MR) is 192 cm³/mol. The summed E-state index contributed by atoms with van der Waals surface area (Å²) in [6.45, 7) is 16.1. The first kappa shape index (κ1) is 33.5. The Morgan fingerprint density at radius 1 is 0.826 bits per heavy atom. The third-order valence-electron chi connectivity index (χ3n) is 8.09. The van der Waals surface area contributed by atoms with Crippen molar-refractivity contribution in [3.63, 3.8) is 0 Å². The molecule has 0 bridgehead atoms. The van der Waals surface area contributed by atoms with E-state index in [1.165, 1.54) is 10.8 Å². The average Bonchev–Trinajstić information content (AvgIpc) is 3.60. The molecule has 0 saturated heterocycles. The molecule has 46 heavy (non-hydrogen) atoms. The summed E-state index contributed by atoms with van der Waals surface area (Å²) in [6, 6.07) is 37.7. The first-order valence-corrected chi connectivity index (χ1v) is 19.4. The molecule has 0 saturated carbocycles. The number of hydrogen-bond acceptors (Lipinski definition) is 3. The number of aromatic nitrogens is 3. The minimum absolute atomic E-state index is 0. The molecule has 0 aliphatic heterocycles. The van der Waals surface area contributed by atoms with E-state index in [2.05, 4.69) is 118 Å². The molecule has 0 amide bonds. The van der Waals surface area contributed by atoms with Gasteiger partial charge in [0.2, 0.25) is 0 Å². The van der Waals surface area contributed by atoms with Gasteiger partial charge in [-0.1, -0.05) is 86.4 Å². The third kappa shape index (κ3) is 6.80. The van der Waals surface area contributed by atoms with Crippen molar-refractivity contribution in [2.75, 3.05) is 0 Å². The van der Waals surface area contributed by atoms with Gasteiger partial charge in [-0.05, 0) is 55.3 Å². The minimum atomic E-state index is -1.34. The molecule has 6 heteroatoms. The summed E-state index contributed by atoms with van der Waals surface area (Å²) in [5.74, 6) is 1.57. The van der Waals surface area contributed by atoms with E-state index in [1.807, 2.05) is 48.5 Å². The van der Waals surface area contributed by atoms with E-state index in [9.17, 15) is 0 Å². The van der Waals surface area contributed by atoms with E-state index in [4.69, 9.17) is 9.40 Å². The molecule has 0 atom stereocenters. The number of benzene rings is 4.